The molecule has 2 fully saturated rings. The lowest BCUT2D eigenvalue weighted by Gasteiger charge is -2.32. The molecule has 0 spiro atoms. The van der Waals surface area contributed by atoms with E-state index in [1.807, 2.05) is 42.7 Å². The third-order valence-electron chi connectivity index (χ3n) is 6.47. The molecule has 0 saturated carbocycles. The Kier molecular flexibility index (Phi) is 5.83. The summed E-state index contributed by atoms with van der Waals surface area (Å²) in [5.74, 6) is 0.363. The van der Waals surface area contributed by atoms with Gasteiger partial charge in [-0.05, 0) is 44.5 Å². The van der Waals surface area contributed by atoms with Crippen LogP contribution in [0.1, 0.15) is 26.3 Å². The SMILES string of the molecule is CC(C)n1c(-c2ccccn2)nc2c(F)cc(-c3nc(N[C@@H]4C[C@H]5CO[C@H](O5)[C@H]4O)ncc3Cl)cc21. The molecule has 9 nitrogen and oxygen atoms in total. The standard InChI is InChI=1S/C25H24ClFN6O3/c1-12(2)33-19-8-13(7-16(27)21(19)31-23(33)17-5-3-4-6-28-17)20-15(26)10-29-25(32-20)30-18-9-14-11-35-24(36-14)22(18)34/h3-8,10,12,14,18,22,24,34H,9,11H2,1-2H3,(H,29,30,32)/t14-,18+,22-,24+/m0/s1. The van der Waals surface area contributed by atoms with Crippen molar-refractivity contribution in [2.75, 3.05) is 11.9 Å². The topological polar surface area (TPSA) is 107 Å². The maximum atomic E-state index is 15.4. The van der Waals surface area contributed by atoms with Crippen LogP contribution in [0.15, 0.2) is 42.7 Å². The number of nitrogens with one attached hydrogen (secondary N) is 1. The molecule has 36 heavy (non-hydrogen) atoms. The van der Waals surface area contributed by atoms with Crippen LogP contribution in [-0.4, -0.2) is 60.8 Å². The van der Waals surface area contributed by atoms with Gasteiger partial charge in [0.15, 0.2) is 17.9 Å². The van der Waals surface area contributed by atoms with Crippen LogP contribution in [0, 0.1) is 5.82 Å². The molecule has 6 rings (SSSR count). The molecule has 2 aliphatic rings. The average Bonchev–Trinajstić information content (AvgIpc) is 3.46. The van der Waals surface area contributed by atoms with Gasteiger partial charge < -0.3 is 24.5 Å². The summed E-state index contributed by atoms with van der Waals surface area (Å²) < 4.78 is 28.4. The summed E-state index contributed by atoms with van der Waals surface area (Å²) in [7, 11) is 0. The van der Waals surface area contributed by atoms with Crippen LogP contribution < -0.4 is 5.32 Å². The third kappa shape index (κ3) is 4.00. The molecule has 0 radical (unpaired) electrons. The van der Waals surface area contributed by atoms with Crippen molar-refractivity contribution < 1.29 is 19.0 Å². The predicted octanol–water partition coefficient (Wildman–Crippen LogP) is 4.22. The molecular formula is C25H24ClFN6O3. The summed E-state index contributed by atoms with van der Waals surface area (Å²) in [6.45, 7) is 4.46. The number of rotatable bonds is 5. The van der Waals surface area contributed by atoms with Crippen LogP contribution in [0.4, 0.5) is 10.3 Å². The molecule has 4 aromatic rings. The molecular weight excluding hydrogens is 487 g/mol. The van der Waals surface area contributed by atoms with Crippen LogP contribution in [0.3, 0.4) is 0 Å². The van der Waals surface area contributed by atoms with E-state index < -0.39 is 18.2 Å². The third-order valence-corrected chi connectivity index (χ3v) is 6.75. The van der Waals surface area contributed by atoms with Gasteiger partial charge in [0.2, 0.25) is 5.95 Å². The van der Waals surface area contributed by atoms with Crippen molar-refractivity contribution in [1.29, 1.82) is 0 Å². The van der Waals surface area contributed by atoms with E-state index in [2.05, 4.69) is 25.3 Å². The van der Waals surface area contributed by atoms with Crippen molar-refractivity contribution in [3.05, 3.63) is 53.6 Å². The number of ether oxygens (including phenoxy) is 2. The number of hydrogen-bond acceptors (Lipinski definition) is 8. The molecule has 1 aromatic carbocycles. The Bertz CT molecular complexity index is 1430. The van der Waals surface area contributed by atoms with E-state index >= 15 is 4.39 Å². The summed E-state index contributed by atoms with van der Waals surface area (Å²) in [6, 6.07) is 8.38. The van der Waals surface area contributed by atoms with E-state index in [4.69, 9.17) is 21.1 Å². The molecule has 2 N–H and O–H groups in total. The molecule has 2 saturated heterocycles. The number of benzene rings is 1. The monoisotopic (exact) mass is 510 g/mol. The minimum absolute atomic E-state index is 0.00708. The second-order valence-corrected chi connectivity index (χ2v) is 9.67. The zero-order valence-electron chi connectivity index (χ0n) is 19.6. The average molecular weight is 511 g/mol. The summed E-state index contributed by atoms with van der Waals surface area (Å²) in [4.78, 5) is 17.8. The van der Waals surface area contributed by atoms with Gasteiger partial charge in [-0.2, -0.15) is 0 Å². The molecule has 5 heterocycles. The lowest BCUT2D eigenvalue weighted by Crippen LogP contribution is -2.48. The number of hydrogen-bond donors (Lipinski definition) is 2. The number of pyridine rings is 1. The second kappa shape index (κ2) is 9.04. The smallest absolute Gasteiger partial charge is 0.223 e. The summed E-state index contributed by atoms with van der Waals surface area (Å²) in [6.07, 6.45) is 2.06. The lowest BCUT2D eigenvalue weighted by atomic mass is 10.0. The van der Waals surface area contributed by atoms with Gasteiger partial charge in [-0.1, -0.05) is 17.7 Å². The quantitative estimate of drug-likeness (QED) is 0.411. The predicted molar refractivity (Wildman–Crippen MR) is 132 cm³/mol. The molecule has 0 unspecified atom stereocenters. The van der Waals surface area contributed by atoms with E-state index in [9.17, 15) is 5.11 Å². The van der Waals surface area contributed by atoms with E-state index in [-0.39, 0.29) is 34.7 Å². The Balaban J connectivity index is 1.41. The van der Waals surface area contributed by atoms with Gasteiger partial charge in [0, 0.05) is 17.8 Å². The zero-order chi connectivity index (χ0) is 25.0. The first kappa shape index (κ1) is 23.2. The van der Waals surface area contributed by atoms with Crippen molar-refractivity contribution in [1.82, 2.24) is 24.5 Å². The highest BCUT2D eigenvalue weighted by Crippen LogP contribution is 2.35. The number of aromatic nitrogens is 5. The molecule has 2 aliphatic heterocycles. The van der Waals surface area contributed by atoms with Gasteiger partial charge in [-0.15, -0.1) is 0 Å². The molecule has 0 aliphatic carbocycles. The highest BCUT2D eigenvalue weighted by Gasteiger charge is 2.43. The number of aliphatic hydroxyl groups excluding tert-OH is 1. The van der Waals surface area contributed by atoms with Crippen molar-refractivity contribution in [3.63, 3.8) is 0 Å². The number of fused-ring (bicyclic) bond motifs is 3. The largest absolute Gasteiger partial charge is 0.386 e. The van der Waals surface area contributed by atoms with Crippen molar-refractivity contribution >= 4 is 28.6 Å². The molecule has 186 valence electrons. The Morgan fingerprint density at radius 2 is 2.08 bits per heavy atom. The van der Waals surface area contributed by atoms with Gasteiger partial charge in [0.25, 0.3) is 0 Å². The van der Waals surface area contributed by atoms with Gasteiger partial charge in [0.1, 0.15) is 17.3 Å². The van der Waals surface area contributed by atoms with Gasteiger partial charge in [-0.25, -0.2) is 19.3 Å². The molecule has 11 heteroatoms. The van der Waals surface area contributed by atoms with Crippen LogP contribution in [0.25, 0.3) is 33.8 Å². The van der Waals surface area contributed by atoms with Crippen LogP contribution in [0.2, 0.25) is 5.02 Å². The Morgan fingerprint density at radius 3 is 2.86 bits per heavy atom. The molecule has 0 amide bonds. The summed E-state index contributed by atoms with van der Waals surface area (Å²) in [5.41, 5.74) is 2.37. The maximum Gasteiger partial charge on any atom is 0.223 e. The molecule has 3 aromatic heterocycles. The Labute approximate surface area is 211 Å². The van der Waals surface area contributed by atoms with E-state index in [1.165, 1.54) is 12.3 Å². The van der Waals surface area contributed by atoms with Crippen LogP contribution in [-0.2, 0) is 9.47 Å². The minimum atomic E-state index is -0.870. The van der Waals surface area contributed by atoms with Gasteiger partial charge in [0.05, 0.1) is 41.2 Å². The summed E-state index contributed by atoms with van der Waals surface area (Å²) in [5, 5.41) is 14.0. The first-order valence-electron chi connectivity index (χ1n) is 11.8. The number of halogens is 2. The van der Waals surface area contributed by atoms with Crippen molar-refractivity contribution in [3.8, 4) is 22.8 Å². The second-order valence-electron chi connectivity index (χ2n) is 9.27. The first-order valence-corrected chi connectivity index (χ1v) is 12.1. The van der Waals surface area contributed by atoms with Crippen LogP contribution >= 0.6 is 11.6 Å². The fourth-order valence-electron chi connectivity index (χ4n) is 4.82. The van der Waals surface area contributed by atoms with Crippen molar-refractivity contribution in [2.24, 2.45) is 0 Å². The van der Waals surface area contributed by atoms with Crippen LogP contribution in [0.5, 0.6) is 0 Å². The number of imidazole rings is 1. The van der Waals surface area contributed by atoms with Crippen molar-refractivity contribution in [2.45, 2.75) is 50.8 Å². The van der Waals surface area contributed by atoms with Gasteiger partial charge >= 0.3 is 0 Å². The van der Waals surface area contributed by atoms with E-state index in [1.54, 1.807) is 6.20 Å². The number of nitrogens with zero attached hydrogens (tertiary/aromatic N) is 5. The number of anilines is 1. The highest BCUT2D eigenvalue weighted by atomic mass is 35.5. The molecule has 4 atom stereocenters. The maximum absolute atomic E-state index is 15.4. The number of aliphatic hydroxyl groups is 1. The summed E-state index contributed by atoms with van der Waals surface area (Å²) >= 11 is 6.47. The van der Waals surface area contributed by atoms with E-state index in [0.29, 0.717) is 41.3 Å². The fourth-order valence-corrected chi connectivity index (χ4v) is 5.02. The lowest BCUT2D eigenvalue weighted by molar-refractivity contribution is -0.156. The fraction of sp³-hybridized carbons (Fsp3) is 0.360. The Morgan fingerprint density at radius 1 is 1.22 bits per heavy atom. The minimum Gasteiger partial charge on any atom is -0.386 e. The zero-order valence-corrected chi connectivity index (χ0v) is 20.4. The Hall–Kier alpha value is -3.18. The van der Waals surface area contributed by atoms with Gasteiger partial charge in [-0.3, -0.25) is 4.98 Å². The van der Waals surface area contributed by atoms with E-state index in [0.717, 1.165) is 0 Å². The molecule has 2 bridgehead atoms. The normalized spacial score (nSPS) is 23.5. The highest BCUT2D eigenvalue weighted by molar-refractivity contribution is 6.33. The first-order chi connectivity index (χ1) is 17.4.